The van der Waals surface area contributed by atoms with Gasteiger partial charge in [0, 0.05) is 4.47 Å². The number of hydrogen-bond acceptors (Lipinski definition) is 4. The highest BCUT2D eigenvalue weighted by atomic mass is 79.9. The number of rotatable bonds is 5. The highest BCUT2D eigenvalue weighted by Crippen LogP contribution is 2.36. The fraction of sp³-hybridized carbons (Fsp3) is 0.0870. The van der Waals surface area contributed by atoms with Crippen LogP contribution in [0.2, 0.25) is 0 Å². The van der Waals surface area contributed by atoms with Crippen molar-refractivity contribution in [3.63, 3.8) is 0 Å². The van der Waals surface area contributed by atoms with Gasteiger partial charge < -0.3 is 4.42 Å². The lowest BCUT2D eigenvalue weighted by Gasteiger charge is -2.26. The van der Waals surface area contributed by atoms with Crippen molar-refractivity contribution in [3.8, 4) is 17.5 Å². The van der Waals surface area contributed by atoms with Crippen LogP contribution in [0.1, 0.15) is 17.0 Å². The Balaban J connectivity index is 1.78. The van der Waals surface area contributed by atoms with Gasteiger partial charge in [0.2, 0.25) is 11.8 Å². The Bertz CT molecular complexity index is 1080. The van der Waals surface area contributed by atoms with E-state index in [0.717, 1.165) is 21.2 Å². The van der Waals surface area contributed by atoms with Crippen molar-refractivity contribution < 1.29 is 4.42 Å². The third-order valence-electron chi connectivity index (χ3n) is 4.71. The molecule has 0 unspecified atom stereocenters. The van der Waals surface area contributed by atoms with Crippen molar-refractivity contribution in [1.29, 1.82) is 5.26 Å². The van der Waals surface area contributed by atoms with E-state index in [9.17, 15) is 5.26 Å². The molecular formula is C23H16BrN3O. The van der Waals surface area contributed by atoms with Crippen molar-refractivity contribution in [1.82, 2.24) is 10.2 Å². The van der Waals surface area contributed by atoms with E-state index in [4.69, 9.17) is 4.42 Å². The molecule has 0 bridgehead atoms. The van der Waals surface area contributed by atoms with E-state index in [0.29, 0.717) is 11.8 Å². The van der Waals surface area contributed by atoms with Crippen LogP contribution in [-0.4, -0.2) is 10.2 Å². The molecular weight excluding hydrogens is 414 g/mol. The fourth-order valence-electron chi connectivity index (χ4n) is 3.28. The van der Waals surface area contributed by atoms with Gasteiger partial charge in [-0.25, -0.2) is 0 Å². The minimum atomic E-state index is -0.916. The highest BCUT2D eigenvalue weighted by Gasteiger charge is 2.37. The molecule has 0 N–H and O–H groups in total. The van der Waals surface area contributed by atoms with Gasteiger partial charge in [-0.1, -0.05) is 72.8 Å². The van der Waals surface area contributed by atoms with Crippen LogP contribution < -0.4 is 0 Å². The standard InChI is InChI=1S/C23H16BrN3O/c24-20-14-8-7-13-19(20)22-27-26-21(28-22)15-23(16-25,17-9-3-1-4-10-17)18-11-5-2-6-12-18/h1-14H,15H2. The average molecular weight is 430 g/mol. The number of nitriles is 1. The monoisotopic (exact) mass is 429 g/mol. The normalized spacial score (nSPS) is 11.1. The van der Waals surface area contributed by atoms with Gasteiger partial charge in [-0.05, 0) is 39.2 Å². The number of nitrogens with zero attached hydrogens (tertiary/aromatic N) is 3. The summed E-state index contributed by atoms with van der Waals surface area (Å²) in [5.74, 6) is 0.843. The summed E-state index contributed by atoms with van der Waals surface area (Å²) in [6, 6.07) is 29.7. The number of hydrogen-bond donors (Lipinski definition) is 0. The molecule has 0 aliphatic rings. The molecule has 28 heavy (non-hydrogen) atoms. The quantitative estimate of drug-likeness (QED) is 0.417. The molecule has 0 aliphatic carbocycles. The molecule has 0 aliphatic heterocycles. The minimum Gasteiger partial charge on any atom is -0.421 e. The molecule has 3 aromatic carbocycles. The topological polar surface area (TPSA) is 62.7 Å². The van der Waals surface area contributed by atoms with Gasteiger partial charge in [0.15, 0.2) is 0 Å². The first kappa shape index (κ1) is 18.1. The maximum atomic E-state index is 10.3. The smallest absolute Gasteiger partial charge is 0.248 e. The summed E-state index contributed by atoms with van der Waals surface area (Å²) in [5, 5.41) is 18.7. The Labute approximate surface area is 171 Å². The zero-order chi connectivity index (χ0) is 19.4. The van der Waals surface area contributed by atoms with Crippen LogP contribution in [0.15, 0.2) is 93.8 Å². The van der Waals surface area contributed by atoms with E-state index in [-0.39, 0.29) is 6.42 Å². The van der Waals surface area contributed by atoms with E-state index in [1.807, 2.05) is 84.9 Å². The Morgan fingerprint density at radius 2 is 1.39 bits per heavy atom. The van der Waals surface area contributed by atoms with Crippen LogP contribution >= 0.6 is 15.9 Å². The maximum absolute atomic E-state index is 10.3. The molecule has 4 rings (SSSR count). The zero-order valence-electron chi connectivity index (χ0n) is 14.9. The number of halogens is 1. The molecule has 0 radical (unpaired) electrons. The Morgan fingerprint density at radius 3 is 1.96 bits per heavy atom. The SMILES string of the molecule is N#CC(Cc1nnc(-c2ccccc2Br)o1)(c1ccccc1)c1ccccc1. The lowest BCUT2D eigenvalue weighted by Crippen LogP contribution is -2.29. The van der Waals surface area contributed by atoms with Gasteiger partial charge in [0.25, 0.3) is 0 Å². The molecule has 4 aromatic rings. The largest absolute Gasteiger partial charge is 0.421 e. The van der Waals surface area contributed by atoms with Gasteiger partial charge in [0.1, 0.15) is 5.41 Å². The summed E-state index contributed by atoms with van der Waals surface area (Å²) in [6.45, 7) is 0. The summed E-state index contributed by atoms with van der Waals surface area (Å²) in [4.78, 5) is 0. The van der Waals surface area contributed by atoms with E-state index < -0.39 is 5.41 Å². The van der Waals surface area contributed by atoms with Crippen LogP contribution in [0, 0.1) is 11.3 Å². The van der Waals surface area contributed by atoms with Crippen LogP contribution in [0.25, 0.3) is 11.5 Å². The lowest BCUT2D eigenvalue weighted by molar-refractivity contribution is 0.468. The van der Waals surface area contributed by atoms with Crippen LogP contribution in [0.3, 0.4) is 0 Å². The average Bonchev–Trinajstić information content (AvgIpc) is 3.22. The summed E-state index contributed by atoms with van der Waals surface area (Å²) >= 11 is 3.51. The molecule has 0 saturated heterocycles. The second kappa shape index (κ2) is 7.79. The molecule has 5 heteroatoms. The second-order valence-corrected chi connectivity index (χ2v) is 7.26. The van der Waals surface area contributed by atoms with E-state index in [1.54, 1.807) is 0 Å². The molecule has 0 amide bonds. The predicted octanol–water partition coefficient (Wildman–Crippen LogP) is 5.55. The van der Waals surface area contributed by atoms with Crippen molar-refractivity contribution in [2.24, 2.45) is 0 Å². The van der Waals surface area contributed by atoms with Crippen molar-refractivity contribution in [2.45, 2.75) is 11.8 Å². The van der Waals surface area contributed by atoms with Crippen LogP contribution in [0.5, 0.6) is 0 Å². The highest BCUT2D eigenvalue weighted by molar-refractivity contribution is 9.10. The summed E-state index contributed by atoms with van der Waals surface area (Å²) < 4.78 is 6.83. The van der Waals surface area contributed by atoms with Crippen LogP contribution in [-0.2, 0) is 11.8 Å². The molecule has 0 fully saturated rings. The third kappa shape index (κ3) is 3.35. The van der Waals surface area contributed by atoms with Crippen LogP contribution in [0.4, 0.5) is 0 Å². The van der Waals surface area contributed by atoms with Gasteiger partial charge in [-0.3, -0.25) is 0 Å². The predicted molar refractivity (Wildman–Crippen MR) is 110 cm³/mol. The first-order valence-corrected chi connectivity index (χ1v) is 9.62. The Kier molecular flexibility index (Phi) is 5.05. The second-order valence-electron chi connectivity index (χ2n) is 6.41. The lowest BCUT2D eigenvalue weighted by atomic mass is 9.73. The molecule has 0 spiro atoms. The molecule has 1 aromatic heterocycles. The molecule has 4 nitrogen and oxygen atoms in total. The van der Waals surface area contributed by atoms with E-state index in [1.165, 1.54) is 0 Å². The summed E-state index contributed by atoms with van der Waals surface area (Å²) in [5.41, 5.74) is 1.69. The molecule has 136 valence electrons. The third-order valence-corrected chi connectivity index (χ3v) is 5.40. The van der Waals surface area contributed by atoms with E-state index in [2.05, 4.69) is 32.2 Å². The Hall–Kier alpha value is -3.23. The zero-order valence-corrected chi connectivity index (χ0v) is 16.5. The van der Waals surface area contributed by atoms with Gasteiger partial charge in [-0.2, -0.15) is 5.26 Å². The van der Waals surface area contributed by atoms with Crippen molar-refractivity contribution in [2.75, 3.05) is 0 Å². The van der Waals surface area contributed by atoms with Gasteiger partial charge in [-0.15, -0.1) is 10.2 Å². The van der Waals surface area contributed by atoms with Gasteiger partial charge in [0.05, 0.1) is 18.1 Å². The number of aromatic nitrogens is 2. The minimum absolute atomic E-state index is 0.287. The van der Waals surface area contributed by atoms with Gasteiger partial charge >= 0.3 is 0 Å². The fourth-order valence-corrected chi connectivity index (χ4v) is 3.73. The first-order chi connectivity index (χ1) is 13.7. The molecule has 0 atom stereocenters. The number of benzene rings is 3. The first-order valence-electron chi connectivity index (χ1n) is 8.82. The molecule has 0 saturated carbocycles. The molecule has 1 heterocycles. The Morgan fingerprint density at radius 1 is 0.821 bits per heavy atom. The maximum Gasteiger partial charge on any atom is 0.248 e. The summed E-state index contributed by atoms with van der Waals surface area (Å²) in [6.07, 6.45) is 0.287. The van der Waals surface area contributed by atoms with E-state index >= 15 is 0 Å². The summed E-state index contributed by atoms with van der Waals surface area (Å²) in [7, 11) is 0. The van der Waals surface area contributed by atoms with Crippen molar-refractivity contribution >= 4 is 15.9 Å². The van der Waals surface area contributed by atoms with Crippen molar-refractivity contribution in [3.05, 3.63) is 106 Å².